The Hall–Kier alpha value is -3.32. The van der Waals surface area contributed by atoms with E-state index in [1.54, 1.807) is 0 Å². The maximum atomic E-state index is 3.88. The van der Waals surface area contributed by atoms with E-state index in [0.717, 1.165) is 29.8 Å². The Morgan fingerprint density at radius 3 is 2.15 bits per heavy atom. The lowest BCUT2D eigenvalue weighted by Crippen LogP contribution is -2.15. The molecule has 0 saturated heterocycles. The van der Waals surface area contributed by atoms with Crippen LogP contribution >= 0.6 is 0 Å². The van der Waals surface area contributed by atoms with Gasteiger partial charge in [0.1, 0.15) is 0 Å². The quantitative estimate of drug-likeness (QED) is 0.366. The summed E-state index contributed by atoms with van der Waals surface area (Å²) in [5.74, 6) is 0. The van der Waals surface area contributed by atoms with E-state index < -0.39 is 0 Å². The number of hydrogen-bond acceptors (Lipinski definition) is 1. The molecule has 33 heavy (non-hydrogen) atoms. The lowest BCUT2D eigenvalue weighted by Gasteiger charge is -2.22. The zero-order valence-corrected chi connectivity index (χ0v) is 20.6. The first kappa shape index (κ1) is 22.9. The van der Waals surface area contributed by atoms with Gasteiger partial charge in [0, 0.05) is 16.8 Å². The number of anilines is 2. The molecule has 0 amide bonds. The Labute approximate surface area is 199 Å². The average molecular weight is 434 g/mol. The fourth-order valence-corrected chi connectivity index (χ4v) is 4.96. The summed E-state index contributed by atoms with van der Waals surface area (Å²) in [6, 6.07) is 20.4. The predicted octanol–water partition coefficient (Wildman–Crippen LogP) is 9.01. The summed E-state index contributed by atoms with van der Waals surface area (Å²) in [5.41, 5.74) is 12.9. The molecule has 1 aliphatic carbocycles. The lowest BCUT2D eigenvalue weighted by atomic mass is 9.82. The molecule has 1 heteroatoms. The van der Waals surface area contributed by atoms with E-state index in [1.807, 2.05) is 13.0 Å². The molecule has 3 aromatic carbocycles. The van der Waals surface area contributed by atoms with Crippen LogP contribution in [0.1, 0.15) is 62.4 Å². The van der Waals surface area contributed by atoms with Crippen LogP contribution in [0.3, 0.4) is 0 Å². The fourth-order valence-electron chi connectivity index (χ4n) is 4.96. The standard InChI is InChI=1S/C32H35N/c1-7-22(8-2)11-12-23-13-17-28-29-18-16-27(21-31(29)32(5,6)30(28)19-23)33-26-15-14-24(9-3)25(10-4)20-26/h7-8,11-21,33H,1,9-10H2,2-6H3/b12-11+,22-8+. The number of nitrogens with one attached hydrogen (secondary N) is 1. The van der Waals surface area contributed by atoms with Crippen molar-refractivity contribution in [2.24, 2.45) is 0 Å². The maximum absolute atomic E-state index is 3.88. The number of fused-ring (bicyclic) bond motifs is 3. The third kappa shape index (κ3) is 4.33. The Morgan fingerprint density at radius 2 is 1.48 bits per heavy atom. The van der Waals surface area contributed by atoms with Crippen molar-refractivity contribution in [3.63, 3.8) is 0 Å². The average Bonchev–Trinajstić information content (AvgIpc) is 3.05. The zero-order chi connectivity index (χ0) is 23.6. The van der Waals surface area contributed by atoms with E-state index in [4.69, 9.17) is 0 Å². The lowest BCUT2D eigenvalue weighted by molar-refractivity contribution is 0.660. The van der Waals surface area contributed by atoms with Crippen LogP contribution in [-0.2, 0) is 18.3 Å². The van der Waals surface area contributed by atoms with Gasteiger partial charge in [0.25, 0.3) is 0 Å². The molecule has 0 bridgehead atoms. The molecule has 0 saturated carbocycles. The monoisotopic (exact) mass is 433 g/mol. The largest absolute Gasteiger partial charge is 0.356 e. The summed E-state index contributed by atoms with van der Waals surface area (Å²) in [6.45, 7) is 15.0. The van der Waals surface area contributed by atoms with Crippen molar-refractivity contribution >= 4 is 17.5 Å². The third-order valence-corrected chi connectivity index (χ3v) is 6.99. The first-order chi connectivity index (χ1) is 15.9. The van der Waals surface area contributed by atoms with Gasteiger partial charge in [-0.25, -0.2) is 0 Å². The van der Waals surface area contributed by atoms with Crippen LogP contribution in [0.5, 0.6) is 0 Å². The van der Waals surface area contributed by atoms with Gasteiger partial charge in [-0.1, -0.05) is 88.9 Å². The molecule has 1 N–H and O–H groups in total. The first-order valence-corrected chi connectivity index (χ1v) is 12.1. The van der Waals surface area contributed by atoms with Gasteiger partial charge in [-0.3, -0.25) is 0 Å². The van der Waals surface area contributed by atoms with E-state index >= 15 is 0 Å². The van der Waals surface area contributed by atoms with Crippen LogP contribution in [0.25, 0.3) is 17.2 Å². The smallest absolute Gasteiger partial charge is 0.0387 e. The molecule has 0 aliphatic heterocycles. The Bertz CT molecular complexity index is 1250. The van der Waals surface area contributed by atoms with E-state index in [-0.39, 0.29) is 5.41 Å². The molecule has 0 radical (unpaired) electrons. The summed E-state index contributed by atoms with van der Waals surface area (Å²) in [7, 11) is 0. The first-order valence-electron chi connectivity index (χ1n) is 12.1. The van der Waals surface area contributed by atoms with Crippen LogP contribution in [0.2, 0.25) is 0 Å². The van der Waals surface area contributed by atoms with Crippen molar-refractivity contribution in [2.75, 3.05) is 5.32 Å². The van der Waals surface area contributed by atoms with Gasteiger partial charge in [0.05, 0.1) is 0 Å². The van der Waals surface area contributed by atoms with Gasteiger partial charge in [-0.15, -0.1) is 0 Å². The van der Waals surface area contributed by atoms with Crippen LogP contribution in [0, 0.1) is 0 Å². The van der Waals surface area contributed by atoms with Crippen LogP contribution in [0.15, 0.2) is 85.0 Å². The summed E-state index contributed by atoms with van der Waals surface area (Å²) >= 11 is 0. The minimum absolute atomic E-state index is 0.0469. The van der Waals surface area contributed by atoms with Gasteiger partial charge in [-0.2, -0.15) is 0 Å². The fraction of sp³-hybridized carbons (Fsp3) is 0.250. The molecule has 3 aromatic rings. The van der Waals surface area contributed by atoms with Crippen molar-refractivity contribution in [2.45, 2.75) is 52.9 Å². The summed E-state index contributed by atoms with van der Waals surface area (Å²) in [5, 5.41) is 3.65. The SMILES string of the molecule is C=CC(/C=C/c1ccc2c(c1)C(C)(C)c1cc(Nc3ccc(CC)c(CC)c3)ccc1-2)=C\C. The van der Waals surface area contributed by atoms with Gasteiger partial charge in [0.15, 0.2) is 0 Å². The van der Waals surface area contributed by atoms with Crippen LogP contribution in [-0.4, -0.2) is 0 Å². The maximum Gasteiger partial charge on any atom is 0.0387 e. The number of hydrogen-bond donors (Lipinski definition) is 1. The number of benzene rings is 3. The van der Waals surface area contributed by atoms with Gasteiger partial charge >= 0.3 is 0 Å². The van der Waals surface area contributed by atoms with Crippen molar-refractivity contribution < 1.29 is 0 Å². The topological polar surface area (TPSA) is 12.0 Å². The number of aryl methyl sites for hydroxylation is 2. The Morgan fingerprint density at radius 1 is 0.848 bits per heavy atom. The van der Waals surface area contributed by atoms with Crippen molar-refractivity contribution in [3.05, 3.63) is 113 Å². The van der Waals surface area contributed by atoms with E-state index in [1.165, 1.54) is 38.9 Å². The second-order valence-corrected chi connectivity index (χ2v) is 9.33. The molecule has 0 fully saturated rings. The molecule has 1 nitrogen and oxygen atoms in total. The van der Waals surface area contributed by atoms with Crippen LogP contribution in [0.4, 0.5) is 11.4 Å². The van der Waals surface area contributed by atoms with Gasteiger partial charge in [0.2, 0.25) is 0 Å². The molecular formula is C32H35N. The normalized spacial score (nSPS) is 14.3. The second-order valence-electron chi connectivity index (χ2n) is 9.33. The van der Waals surface area contributed by atoms with Gasteiger partial charge in [-0.05, 0) is 88.5 Å². The highest BCUT2D eigenvalue weighted by atomic mass is 14.9. The molecule has 0 unspecified atom stereocenters. The highest BCUT2D eigenvalue weighted by Gasteiger charge is 2.35. The van der Waals surface area contributed by atoms with Crippen molar-refractivity contribution in [1.82, 2.24) is 0 Å². The molecular weight excluding hydrogens is 398 g/mol. The van der Waals surface area contributed by atoms with E-state index in [0.29, 0.717) is 0 Å². The minimum Gasteiger partial charge on any atom is -0.356 e. The summed E-state index contributed by atoms with van der Waals surface area (Å²) < 4.78 is 0. The van der Waals surface area contributed by atoms with Crippen molar-refractivity contribution in [3.8, 4) is 11.1 Å². The molecule has 0 atom stereocenters. The number of allylic oxidation sites excluding steroid dienone is 4. The Kier molecular flexibility index (Phi) is 6.42. The van der Waals surface area contributed by atoms with Gasteiger partial charge < -0.3 is 5.32 Å². The zero-order valence-electron chi connectivity index (χ0n) is 20.6. The summed E-state index contributed by atoms with van der Waals surface area (Å²) in [6.07, 6.45) is 10.4. The van der Waals surface area contributed by atoms with E-state index in [9.17, 15) is 0 Å². The second kappa shape index (κ2) is 9.27. The highest BCUT2D eigenvalue weighted by molar-refractivity contribution is 5.84. The number of rotatable bonds is 7. The van der Waals surface area contributed by atoms with Crippen LogP contribution < -0.4 is 5.32 Å². The third-order valence-electron chi connectivity index (χ3n) is 6.99. The molecule has 1 aliphatic rings. The Balaban J connectivity index is 1.66. The van der Waals surface area contributed by atoms with E-state index in [2.05, 4.69) is 112 Å². The van der Waals surface area contributed by atoms with Crippen molar-refractivity contribution in [1.29, 1.82) is 0 Å². The molecule has 0 aromatic heterocycles. The molecule has 0 spiro atoms. The minimum atomic E-state index is -0.0469. The molecule has 168 valence electrons. The predicted molar refractivity (Wildman–Crippen MR) is 145 cm³/mol. The summed E-state index contributed by atoms with van der Waals surface area (Å²) in [4.78, 5) is 0. The molecule has 0 heterocycles. The molecule has 4 rings (SSSR count). The highest BCUT2D eigenvalue weighted by Crippen LogP contribution is 2.49.